The molecule has 0 bridgehead atoms. The summed E-state index contributed by atoms with van der Waals surface area (Å²) >= 11 is 0. The lowest BCUT2D eigenvalue weighted by Gasteiger charge is -2.06. The highest BCUT2D eigenvalue weighted by Gasteiger charge is 2.25. The van der Waals surface area contributed by atoms with Gasteiger partial charge < -0.3 is 5.32 Å². The van der Waals surface area contributed by atoms with Crippen LogP contribution in [0.4, 0.5) is 4.39 Å². The van der Waals surface area contributed by atoms with Crippen LogP contribution < -0.4 is 5.32 Å². The van der Waals surface area contributed by atoms with E-state index in [1.54, 1.807) is 6.07 Å². The second-order valence-electron chi connectivity index (χ2n) is 6.76. The average molecular weight is 345 g/mol. The minimum atomic E-state index is -0.538. The molecule has 0 atom stereocenters. The molecule has 2 N–H and O–H groups in total. The van der Waals surface area contributed by atoms with Crippen molar-refractivity contribution in [2.24, 2.45) is 0 Å². The van der Waals surface area contributed by atoms with Gasteiger partial charge in [0.2, 0.25) is 0 Å². The zero-order valence-electron chi connectivity index (χ0n) is 13.9. The lowest BCUT2D eigenvalue weighted by Crippen LogP contribution is -2.26. The maximum Gasteiger partial charge on any atom is 0.254 e. The van der Waals surface area contributed by atoms with Crippen molar-refractivity contribution >= 4 is 27.6 Å². The zero-order chi connectivity index (χ0) is 17.7. The number of amides is 1. The Morgan fingerprint density at radius 1 is 1.08 bits per heavy atom. The van der Waals surface area contributed by atoms with Crippen molar-refractivity contribution in [3.8, 4) is 11.3 Å². The van der Waals surface area contributed by atoms with Crippen LogP contribution in [0.3, 0.4) is 0 Å². The quantitative estimate of drug-likeness (QED) is 0.578. The van der Waals surface area contributed by atoms with E-state index < -0.39 is 5.82 Å². The number of rotatable bonds is 3. The Morgan fingerprint density at radius 2 is 1.88 bits per heavy atom. The van der Waals surface area contributed by atoms with Gasteiger partial charge in [0.05, 0.1) is 16.8 Å². The monoisotopic (exact) mass is 345 g/mol. The van der Waals surface area contributed by atoms with Crippen molar-refractivity contribution in [3.05, 3.63) is 66.0 Å². The highest BCUT2D eigenvalue weighted by molar-refractivity contribution is 6.02. The third kappa shape index (κ3) is 2.52. The second-order valence-corrected chi connectivity index (χ2v) is 6.76. The van der Waals surface area contributed by atoms with E-state index in [1.165, 1.54) is 6.07 Å². The molecule has 1 aromatic heterocycles. The van der Waals surface area contributed by atoms with Gasteiger partial charge in [-0.05, 0) is 35.7 Å². The number of carbonyl (C=O) groups excluding carboxylic acids is 1. The van der Waals surface area contributed by atoms with Crippen molar-refractivity contribution in [2.75, 3.05) is 0 Å². The van der Waals surface area contributed by atoms with Crippen molar-refractivity contribution in [3.63, 3.8) is 0 Å². The molecular formula is C21H16FN3O. The van der Waals surface area contributed by atoms with Crippen molar-refractivity contribution in [2.45, 2.75) is 18.9 Å². The SMILES string of the molecule is O=C(NC1CC1)c1cc2c(-c3ccc4ccccc4c3)n[nH]c2cc1F. The van der Waals surface area contributed by atoms with Gasteiger partial charge in [0.15, 0.2) is 0 Å². The van der Waals surface area contributed by atoms with Crippen LogP contribution in [0, 0.1) is 5.82 Å². The molecule has 1 aliphatic carbocycles. The van der Waals surface area contributed by atoms with Crippen molar-refractivity contribution in [1.29, 1.82) is 0 Å². The largest absolute Gasteiger partial charge is 0.349 e. The highest BCUT2D eigenvalue weighted by atomic mass is 19.1. The molecule has 0 aliphatic heterocycles. The molecule has 1 saturated carbocycles. The van der Waals surface area contributed by atoms with E-state index in [-0.39, 0.29) is 17.5 Å². The number of fused-ring (bicyclic) bond motifs is 2. The van der Waals surface area contributed by atoms with Gasteiger partial charge >= 0.3 is 0 Å². The molecule has 4 aromatic rings. The van der Waals surface area contributed by atoms with Gasteiger partial charge in [-0.25, -0.2) is 4.39 Å². The summed E-state index contributed by atoms with van der Waals surface area (Å²) in [5.74, 6) is -0.901. The summed E-state index contributed by atoms with van der Waals surface area (Å²) in [6.07, 6.45) is 1.92. The molecule has 0 saturated heterocycles. The molecule has 1 aliphatic rings. The van der Waals surface area contributed by atoms with Crippen LogP contribution in [0.5, 0.6) is 0 Å². The first-order valence-corrected chi connectivity index (χ1v) is 8.67. The number of carbonyl (C=O) groups is 1. The number of halogens is 1. The van der Waals surface area contributed by atoms with Crippen LogP contribution in [-0.2, 0) is 0 Å². The van der Waals surface area contributed by atoms with Gasteiger partial charge in [-0.15, -0.1) is 0 Å². The van der Waals surface area contributed by atoms with Gasteiger partial charge in [-0.1, -0.05) is 36.4 Å². The Balaban J connectivity index is 1.63. The van der Waals surface area contributed by atoms with Gasteiger partial charge in [0.1, 0.15) is 5.82 Å². The summed E-state index contributed by atoms with van der Waals surface area (Å²) in [4.78, 5) is 12.3. The van der Waals surface area contributed by atoms with Gasteiger partial charge in [-0.2, -0.15) is 5.10 Å². The van der Waals surface area contributed by atoms with Crippen LogP contribution in [-0.4, -0.2) is 22.1 Å². The summed E-state index contributed by atoms with van der Waals surface area (Å²) < 4.78 is 14.4. The molecule has 1 heterocycles. The molecule has 128 valence electrons. The number of hydrogen-bond donors (Lipinski definition) is 2. The first-order valence-electron chi connectivity index (χ1n) is 8.67. The van der Waals surface area contributed by atoms with Gasteiger partial charge in [0, 0.05) is 23.1 Å². The second kappa shape index (κ2) is 5.66. The Bertz CT molecular complexity index is 1160. The minimum Gasteiger partial charge on any atom is -0.349 e. The first-order chi connectivity index (χ1) is 12.7. The van der Waals surface area contributed by atoms with E-state index in [9.17, 15) is 9.18 Å². The van der Waals surface area contributed by atoms with E-state index in [2.05, 4.69) is 27.6 Å². The van der Waals surface area contributed by atoms with E-state index >= 15 is 0 Å². The summed E-state index contributed by atoms with van der Waals surface area (Å²) in [5.41, 5.74) is 2.28. The van der Waals surface area contributed by atoms with Gasteiger partial charge in [-0.3, -0.25) is 9.89 Å². The smallest absolute Gasteiger partial charge is 0.254 e. The summed E-state index contributed by atoms with van der Waals surface area (Å²) in [5, 5.41) is 13.1. The van der Waals surface area contributed by atoms with Crippen molar-refractivity contribution in [1.82, 2.24) is 15.5 Å². The van der Waals surface area contributed by atoms with Gasteiger partial charge in [0.25, 0.3) is 5.91 Å². The van der Waals surface area contributed by atoms with E-state index in [0.29, 0.717) is 11.2 Å². The summed E-state index contributed by atoms with van der Waals surface area (Å²) in [6, 6.07) is 17.3. The topological polar surface area (TPSA) is 57.8 Å². The van der Waals surface area contributed by atoms with E-state index in [0.717, 1.165) is 34.6 Å². The van der Waals surface area contributed by atoms with Crippen LogP contribution in [0.15, 0.2) is 54.6 Å². The number of nitrogens with one attached hydrogen (secondary N) is 2. The third-order valence-corrected chi connectivity index (χ3v) is 4.83. The number of aromatic nitrogens is 2. The molecule has 26 heavy (non-hydrogen) atoms. The predicted octanol–water partition coefficient (Wildman–Crippen LogP) is 4.41. The molecular weight excluding hydrogens is 329 g/mol. The minimum absolute atomic E-state index is 0.0628. The molecule has 5 rings (SSSR count). The molecule has 4 nitrogen and oxygen atoms in total. The fourth-order valence-corrected chi connectivity index (χ4v) is 3.26. The number of H-pyrrole nitrogens is 1. The Kier molecular flexibility index (Phi) is 3.28. The molecule has 0 radical (unpaired) electrons. The highest BCUT2D eigenvalue weighted by Crippen LogP contribution is 2.30. The fraction of sp³-hybridized carbons (Fsp3) is 0.143. The molecule has 3 aromatic carbocycles. The lowest BCUT2D eigenvalue weighted by atomic mass is 10.0. The van der Waals surface area contributed by atoms with E-state index in [4.69, 9.17) is 0 Å². The van der Waals surface area contributed by atoms with Crippen LogP contribution >= 0.6 is 0 Å². The predicted molar refractivity (Wildman–Crippen MR) is 99.5 cm³/mol. The molecule has 1 fully saturated rings. The average Bonchev–Trinajstić information content (AvgIpc) is 3.37. The fourth-order valence-electron chi connectivity index (χ4n) is 3.26. The molecule has 0 unspecified atom stereocenters. The molecule has 0 spiro atoms. The number of benzene rings is 3. The Hall–Kier alpha value is -3.21. The summed E-state index contributed by atoms with van der Waals surface area (Å²) in [7, 11) is 0. The standard InChI is InChI=1S/C21H16FN3O/c22-18-11-19-17(10-16(18)21(26)23-15-7-8-15)20(25-24-19)14-6-5-12-3-1-2-4-13(12)9-14/h1-6,9-11,15H,7-8H2,(H,23,26)(H,24,25). The normalized spacial score (nSPS) is 14.0. The lowest BCUT2D eigenvalue weighted by molar-refractivity contribution is 0.0947. The maximum absolute atomic E-state index is 14.4. The maximum atomic E-state index is 14.4. The van der Waals surface area contributed by atoms with Crippen LogP contribution in [0.25, 0.3) is 32.9 Å². The summed E-state index contributed by atoms with van der Waals surface area (Å²) in [6.45, 7) is 0. The molecule has 5 heteroatoms. The van der Waals surface area contributed by atoms with Crippen LogP contribution in [0.2, 0.25) is 0 Å². The Morgan fingerprint density at radius 3 is 2.69 bits per heavy atom. The van der Waals surface area contributed by atoms with Crippen LogP contribution in [0.1, 0.15) is 23.2 Å². The van der Waals surface area contributed by atoms with E-state index in [1.807, 2.05) is 30.3 Å². The zero-order valence-corrected chi connectivity index (χ0v) is 13.9. The van der Waals surface area contributed by atoms with Crippen molar-refractivity contribution < 1.29 is 9.18 Å². The number of nitrogens with zero attached hydrogens (tertiary/aromatic N) is 1. The number of hydrogen-bond acceptors (Lipinski definition) is 2. The number of aromatic amines is 1. The third-order valence-electron chi connectivity index (χ3n) is 4.83. The Labute approximate surface area is 149 Å². The first kappa shape index (κ1) is 15.1. The molecule has 1 amide bonds.